The first-order valence-electron chi connectivity index (χ1n) is 7.78. The molecular formula is C17H23FN2O2. The molecule has 1 aromatic carbocycles. The highest BCUT2D eigenvalue weighted by Gasteiger charge is 2.52. The van der Waals surface area contributed by atoms with Crippen molar-refractivity contribution in [2.75, 3.05) is 33.3 Å². The summed E-state index contributed by atoms with van der Waals surface area (Å²) in [4.78, 5) is 16.5. The van der Waals surface area contributed by atoms with Crippen LogP contribution in [0.15, 0.2) is 18.2 Å². The second-order valence-corrected chi connectivity index (χ2v) is 6.85. The Balaban J connectivity index is 1.60. The SMILES string of the molecule is Cc1cc(F)ccc1CC(=O)N1CC2(C[C@@H](CO)CN2C)C1. The van der Waals surface area contributed by atoms with Crippen LogP contribution in [0.2, 0.25) is 0 Å². The molecule has 2 aliphatic heterocycles. The molecule has 0 unspecified atom stereocenters. The summed E-state index contributed by atoms with van der Waals surface area (Å²) in [5.41, 5.74) is 1.77. The molecule has 22 heavy (non-hydrogen) atoms. The first-order valence-corrected chi connectivity index (χ1v) is 7.78. The topological polar surface area (TPSA) is 43.8 Å². The van der Waals surface area contributed by atoms with Crippen molar-refractivity contribution in [3.05, 3.63) is 35.1 Å². The van der Waals surface area contributed by atoms with Crippen LogP contribution in [0.3, 0.4) is 0 Å². The number of likely N-dealkylation sites (N-methyl/N-ethyl adjacent to an activating group) is 1. The van der Waals surface area contributed by atoms with Crippen molar-refractivity contribution >= 4 is 5.91 Å². The number of aryl methyl sites for hydroxylation is 1. The van der Waals surface area contributed by atoms with Gasteiger partial charge in [0, 0.05) is 26.2 Å². The van der Waals surface area contributed by atoms with E-state index in [0.717, 1.165) is 37.2 Å². The number of likely N-dealkylation sites (tertiary alicyclic amines) is 2. The van der Waals surface area contributed by atoms with Crippen LogP contribution in [0, 0.1) is 18.7 Å². The number of aliphatic hydroxyl groups is 1. The van der Waals surface area contributed by atoms with Crippen LogP contribution in [0.5, 0.6) is 0 Å². The third-order valence-corrected chi connectivity index (χ3v) is 5.24. The minimum absolute atomic E-state index is 0.0564. The zero-order valence-corrected chi connectivity index (χ0v) is 13.2. The van der Waals surface area contributed by atoms with Crippen LogP contribution in [0.1, 0.15) is 17.5 Å². The molecule has 0 aromatic heterocycles. The second-order valence-electron chi connectivity index (χ2n) is 6.85. The molecule has 0 radical (unpaired) electrons. The van der Waals surface area contributed by atoms with Crippen LogP contribution in [-0.2, 0) is 11.2 Å². The van der Waals surface area contributed by atoms with Crippen molar-refractivity contribution in [2.24, 2.45) is 5.92 Å². The van der Waals surface area contributed by atoms with Gasteiger partial charge in [-0.3, -0.25) is 9.69 Å². The maximum atomic E-state index is 13.1. The summed E-state index contributed by atoms with van der Waals surface area (Å²) >= 11 is 0. The quantitative estimate of drug-likeness (QED) is 0.913. The number of rotatable bonds is 3. The predicted molar refractivity (Wildman–Crippen MR) is 82.0 cm³/mol. The van der Waals surface area contributed by atoms with E-state index in [2.05, 4.69) is 11.9 Å². The molecule has 1 N–H and O–H groups in total. The zero-order valence-electron chi connectivity index (χ0n) is 13.2. The van der Waals surface area contributed by atoms with Gasteiger partial charge >= 0.3 is 0 Å². The van der Waals surface area contributed by atoms with E-state index in [1.807, 2.05) is 11.8 Å². The number of carbonyl (C=O) groups is 1. The van der Waals surface area contributed by atoms with Gasteiger partial charge in [0.25, 0.3) is 0 Å². The molecule has 1 atom stereocenters. The summed E-state index contributed by atoms with van der Waals surface area (Å²) < 4.78 is 13.1. The minimum atomic E-state index is -0.265. The highest BCUT2D eigenvalue weighted by molar-refractivity contribution is 5.80. The molecule has 1 amide bonds. The lowest BCUT2D eigenvalue weighted by Gasteiger charge is -2.52. The van der Waals surface area contributed by atoms with E-state index in [1.54, 1.807) is 6.07 Å². The molecule has 0 bridgehead atoms. The lowest BCUT2D eigenvalue weighted by molar-refractivity contribution is -0.142. The highest BCUT2D eigenvalue weighted by atomic mass is 19.1. The number of carbonyl (C=O) groups excluding carboxylic acids is 1. The Hall–Kier alpha value is -1.46. The van der Waals surface area contributed by atoms with Crippen molar-refractivity contribution in [1.82, 2.24) is 9.80 Å². The molecule has 2 fully saturated rings. The maximum Gasteiger partial charge on any atom is 0.227 e. The number of hydrogen-bond donors (Lipinski definition) is 1. The van der Waals surface area contributed by atoms with Crippen LogP contribution in [0.25, 0.3) is 0 Å². The third-order valence-electron chi connectivity index (χ3n) is 5.24. The van der Waals surface area contributed by atoms with Crippen LogP contribution >= 0.6 is 0 Å². The van der Waals surface area contributed by atoms with Crippen LogP contribution in [0.4, 0.5) is 4.39 Å². The van der Waals surface area contributed by atoms with E-state index in [9.17, 15) is 14.3 Å². The molecule has 4 nitrogen and oxygen atoms in total. The van der Waals surface area contributed by atoms with E-state index >= 15 is 0 Å². The minimum Gasteiger partial charge on any atom is -0.396 e. The Morgan fingerprint density at radius 3 is 2.77 bits per heavy atom. The normalized spacial score (nSPS) is 23.8. The molecule has 2 saturated heterocycles. The standard InChI is InChI=1S/C17H23FN2O2/c1-12-5-15(18)4-3-14(12)6-16(22)20-10-17(11-20)7-13(9-21)8-19(17)2/h3-5,13,21H,6-11H2,1-2H3/t13-/m1/s1. The molecule has 2 heterocycles. The van der Waals surface area contributed by atoms with Gasteiger partial charge in [0.1, 0.15) is 5.82 Å². The Morgan fingerprint density at radius 2 is 2.18 bits per heavy atom. The number of halogens is 1. The second kappa shape index (κ2) is 5.63. The van der Waals surface area contributed by atoms with Crippen molar-refractivity contribution in [3.8, 4) is 0 Å². The van der Waals surface area contributed by atoms with E-state index < -0.39 is 0 Å². The van der Waals surface area contributed by atoms with Crippen molar-refractivity contribution in [2.45, 2.75) is 25.3 Å². The van der Waals surface area contributed by atoms with E-state index in [0.29, 0.717) is 12.3 Å². The fraction of sp³-hybridized carbons (Fsp3) is 0.588. The number of benzene rings is 1. The largest absolute Gasteiger partial charge is 0.396 e. The number of amides is 1. The lowest BCUT2D eigenvalue weighted by Crippen LogP contribution is -2.68. The summed E-state index contributed by atoms with van der Waals surface area (Å²) in [7, 11) is 2.07. The average molecular weight is 306 g/mol. The Morgan fingerprint density at radius 1 is 1.45 bits per heavy atom. The summed E-state index contributed by atoms with van der Waals surface area (Å²) in [5, 5.41) is 9.32. The first kappa shape index (κ1) is 15.4. The molecule has 0 saturated carbocycles. The predicted octanol–water partition coefficient (Wildman–Crippen LogP) is 1.20. The fourth-order valence-electron chi connectivity index (χ4n) is 3.80. The monoisotopic (exact) mass is 306 g/mol. The Labute approximate surface area is 130 Å². The third kappa shape index (κ3) is 2.63. The summed E-state index contributed by atoms with van der Waals surface area (Å²) in [6.45, 7) is 4.42. The molecule has 0 aliphatic carbocycles. The molecular weight excluding hydrogens is 283 g/mol. The number of nitrogens with zero attached hydrogens (tertiary/aromatic N) is 2. The lowest BCUT2D eigenvalue weighted by atomic mass is 9.84. The van der Waals surface area contributed by atoms with E-state index in [1.165, 1.54) is 12.1 Å². The summed E-state index contributed by atoms with van der Waals surface area (Å²) in [5.74, 6) is 0.155. The van der Waals surface area contributed by atoms with Gasteiger partial charge < -0.3 is 10.0 Å². The van der Waals surface area contributed by atoms with Gasteiger partial charge in [-0.25, -0.2) is 4.39 Å². The molecule has 3 rings (SSSR count). The highest BCUT2D eigenvalue weighted by Crippen LogP contribution is 2.39. The summed E-state index contributed by atoms with van der Waals surface area (Å²) in [6.07, 6.45) is 1.29. The van der Waals surface area contributed by atoms with Crippen LogP contribution < -0.4 is 0 Å². The van der Waals surface area contributed by atoms with Gasteiger partial charge in [0.2, 0.25) is 5.91 Å². The van der Waals surface area contributed by atoms with Gasteiger partial charge in [-0.05, 0) is 49.6 Å². The molecule has 120 valence electrons. The van der Waals surface area contributed by atoms with Gasteiger partial charge in [-0.15, -0.1) is 0 Å². The van der Waals surface area contributed by atoms with Gasteiger partial charge in [0.15, 0.2) is 0 Å². The van der Waals surface area contributed by atoms with Gasteiger partial charge in [-0.1, -0.05) is 6.07 Å². The van der Waals surface area contributed by atoms with Gasteiger partial charge in [0.05, 0.1) is 12.0 Å². The summed E-state index contributed by atoms with van der Waals surface area (Å²) in [6, 6.07) is 4.57. The van der Waals surface area contributed by atoms with Crippen molar-refractivity contribution in [3.63, 3.8) is 0 Å². The van der Waals surface area contributed by atoms with E-state index in [4.69, 9.17) is 0 Å². The van der Waals surface area contributed by atoms with Gasteiger partial charge in [-0.2, -0.15) is 0 Å². The van der Waals surface area contributed by atoms with E-state index in [-0.39, 0.29) is 23.9 Å². The van der Waals surface area contributed by atoms with Crippen LogP contribution in [-0.4, -0.2) is 59.6 Å². The molecule has 2 aliphatic rings. The average Bonchev–Trinajstić information content (AvgIpc) is 2.77. The fourth-order valence-corrected chi connectivity index (χ4v) is 3.80. The van der Waals surface area contributed by atoms with Crippen molar-refractivity contribution in [1.29, 1.82) is 0 Å². The first-order chi connectivity index (χ1) is 10.4. The molecule has 5 heteroatoms. The zero-order chi connectivity index (χ0) is 15.9. The van der Waals surface area contributed by atoms with Crippen molar-refractivity contribution < 1.29 is 14.3 Å². The smallest absolute Gasteiger partial charge is 0.227 e. The molecule has 1 aromatic rings. The Kier molecular flexibility index (Phi) is 3.95. The Bertz CT molecular complexity index is 584. The maximum absolute atomic E-state index is 13.1. The molecule has 1 spiro atoms. The number of hydrogen-bond acceptors (Lipinski definition) is 3. The number of aliphatic hydroxyl groups excluding tert-OH is 1.